The lowest BCUT2D eigenvalue weighted by molar-refractivity contribution is -0.119. The second kappa shape index (κ2) is 13.4. The molecule has 0 radical (unpaired) electrons. The smallest absolute Gasteiger partial charge is 0.338 e. The minimum Gasteiger partial charge on any atom is -0.497 e. The van der Waals surface area contributed by atoms with E-state index in [1.807, 2.05) is 0 Å². The zero-order valence-corrected chi connectivity index (χ0v) is 21.4. The Morgan fingerprint density at radius 3 is 1.82 bits per heavy atom. The van der Waals surface area contributed by atoms with Crippen molar-refractivity contribution in [2.75, 3.05) is 52.3 Å². The van der Waals surface area contributed by atoms with Gasteiger partial charge in [-0.1, -0.05) is 0 Å². The third kappa shape index (κ3) is 7.79. The van der Waals surface area contributed by atoms with Crippen LogP contribution in [0.15, 0.2) is 60.7 Å². The monoisotopic (exact) mass is 524 g/mol. The third-order valence-electron chi connectivity index (χ3n) is 5.10. The highest BCUT2D eigenvalue weighted by Crippen LogP contribution is 2.29. The Bertz CT molecular complexity index is 1250. The zero-order chi connectivity index (χ0) is 27.5. The number of hydrogen-bond acceptors (Lipinski definition) is 9. The van der Waals surface area contributed by atoms with E-state index in [9.17, 15) is 14.4 Å². The van der Waals surface area contributed by atoms with Crippen molar-refractivity contribution < 1.29 is 42.8 Å². The van der Waals surface area contributed by atoms with Gasteiger partial charge in [0.05, 0.1) is 34.0 Å². The Balaban J connectivity index is 1.53. The summed E-state index contributed by atoms with van der Waals surface area (Å²) in [5, 5.41) is 5.32. The van der Waals surface area contributed by atoms with Crippen molar-refractivity contribution in [3.05, 3.63) is 66.2 Å². The van der Waals surface area contributed by atoms with Crippen molar-refractivity contribution in [3.63, 3.8) is 0 Å². The molecule has 0 spiro atoms. The zero-order valence-electron chi connectivity index (χ0n) is 21.4. The molecule has 38 heavy (non-hydrogen) atoms. The maximum Gasteiger partial charge on any atom is 0.338 e. The van der Waals surface area contributed by atoms with Gasteiger partial charge in [0, 0.05) is 29.6 Å². The van der Waals surface area contributed by atoms with Crippen LogP contribution >= 0.6 is 0 Å². The highest BCUT2D eigenvalue weighted by Gasteiger charge is 2.16. The van der Waals surface area contributed by atoms with Crippen LogP contribution in [-0.2, 0) is 14.3 Å². The van der Waals surface area contributed by atoms with Crippen LogP contribution in [0, 0.1) is 0 Å². The molecule has 2 amide bonds. The van der Waals surface area contributed by atoms with E-state index in [1.54, 1.807) is 49.6 Å². The summed E-state index contributed by atoms with van der Waals surface area (Å²) in [6.45, 7) is -0.814. The number of nitrogens with one attached hydrogen (secondary N) is 2. The lowest BCUT2D eigenvalue weighted by Gasteiger charge is -2.13. The van der Waals surface area contributed by atoms with Crippen LogP contribution in [0.5, 0.6) is 28.7 Å². The molecule has 3 aromatic carbocycles. The van der Waals surface area contributed by atoms with Crippen LogP contribution in [0.4, 0.5) is 11.4 Å². The van der Waals surface area contributed by atoms with E-state index in [0.29, 0.717) is 28.6 Å². The standard InChI is InChI=1S/C27H28N2O9/c1-33-20-8-6-18(7-9-20)28-25(30)15-37-23-10-5-17(11-24(23)36-4)27(32)38-16-26(31)29-19-12-21(34-2)14-22(13-19)35-3/h5-14H,15-16H2,1-4H3,(H,28,30)(H,29,31). The van der Waals surface area contributed by atoms with Gasteiger partial charge in [0.2, 0.25) is 0 Å². The van der Waals surface area contributed by atoms with Crippen molar-refractivity contribution in [2.45, 2.75) is 0 Å². The van der Waals surface area contributed by atoms with Gasteiger partial charge in [-0.25, -0.2) is 4.79 Å². The van der Waals surface area contributed by atoms with Gasteiger partial charge < -0.3 is 39.1 Å². The molecule has 0 atom stereocenters. The molecule has 0 unspecified atom stereocenters. The van der Waals surface area contributed by atoms with Gasteiger partial charge in [-0.3, -0.25) is 9.59 Å². The number of carbonyl (C=O) groups excluding carboxylic acids is 3. The highest BCUT2D eigenvalue weighted by molar-refractivity contribution is 5.96. The molecule has 0 bridgehead atoms. The number of ether oxygens (including phenoxy) is 6. The lowest BCUT2D eigenvalue weighted by atomic mass is 10.2. The van der Waals surface area contributed by atoms with E-state index in [1.165, 1.54) is 39.5 Å². The maximum atomic E-state index is 12.5. The first-order chi connectivity index (χ1) is 18.3. The summed E-state index contributed by atoms with van der Waals surface area (Å²) in [5.74, 6) is 0.423. The summed E-state index contributed by atoms with van der Waals surface area (Å²) in [6, 6.07) is 16.0. The number of carbonyl (C=O) groups is 3. The molecule has 11 heteroatoms. The quantitative estimate of drug-likeness (QED) is 0.342. The molecular formula is C27H28N2O9. The largest absolute Gasteiger partial charge is 0.497 e. The van der Waals surface area contributed by atoms with Gasteiger partial charge in [-0.05, 0) is 42.5 Å². The van der Waals surface area contributed by atoms with Crippen LogP contribution in [0.2, 0.25) is 0 Å². The van der Waals surface area contributed by atoms with Crippen LogP contribution in [-0.4, -0.2) is 59.4 Å². The van der Waals surface area contributed by atoms with Crippen LogP contribution in [0.1, 0.15) is 10.4 Å². The number of amides is 2. The molecule has 0 aromatic heterocycles. The molecule has 0 fully saturated rings. The predicted octanol–water partition coefficient (Wildman–Crippen LogP) is 3.53. The summed E-state index contributed by atoms with van der Waals surface area (Å²) in [5.41, 5.74) is 1.13. The summed E-state index contributed by atoms with van der Waals surface area (Å²) < 4.78 is 31.4. The number of benzene rings is 3. The predicted molar refractivity (Wildman–Crippen MR) is 139 cm³/mol. The number of methoxy groups -OCH3 is 4. The highest BCUT2D eigenvalue weighted by atomic mass is 16.5. The van der Waals surface area contributed by atoms with E-state index in [0.717, 1.165) is 0 Å². The van der Waals surface area contributed by atoms with E-state index < -0.39 is 18.5 Å². The van der Waals surface area contributed by atoms with E-state index in [-0.39, 0.29) is 29.6 Å². The number of hydrogen-bond donors (Lipinski definition) is 2. The van der Waals surface area contributed by atoms with Gasteiger partial charge in [0.15, 0.2) is 24.7 Å². The average molecular weight is 525 g/mol. The first kappa shape index (κ1) is 27.7. The van der Waals surface area contributed by atoms with Crippen molar-refractivity contribution in [2.24, 2.45) is 0 Å². The van der Waals surface area contributed by atoms with Gasteiger partial charge in [-0.15, -0.1) is 0 Å². The molecule has 0 aliphatic carbocycles. The van der Waals surface area contributed by atoms with Crippen molar-refractivity contribution in [3.8, 4) is 28.7 Å². The molecule has 11 nitrogen and oxygen atoms in total. The Morgan fingerprint density at radius 1 is 0.605 bits per heavy atom. The van der Waals surface area contributed by atoms with E-state index in [4.69, 9.17) is 28.4 Å². The van der Waals surface area contributed by atoms with E-state index in [2.05, 4.69) is 10.6 Å². The summed E-state index contributed by atoms with van der Waals surface area (Å²) >= 11 is 0. The molecule has 3 aromatic rings. The topological polar surface area (TPSA) is 131 Å². The fourth-order valence-electron chi connectivity index (χ4n) is 3.22. The fourth-order valence-corrected chi connectivity index (χ4v) is 3.22. The van der Waals surface area contributed by atoms with Crippen molar-refractivity contribution in [1.82, 2.24) is 0 Å². The summed E-state index contributed by atoms with van der Waals surface area (Å²) in [6.07, 6.45) is 0. The molecule has 0 heterocycles. The molecule has 0 aliphatic heterocycles. The third-order valence-corrected chi connectivity index (χ3v) is 5.10. The minimum atomic E-state index is -0.745. The van der Waals surface area contributed by atoms with Gasteiger partial charge >= 0.3 is 5.97 Å². The van der Waals surface area contributed by atoms with Crippen LogP contribution in [0.25, 0.3) is 0 Å². The molecule has 3 rings (SSSR count). The molecule has 0 aliphatic rings. The summed E-state index contributed by atoms with van der Waals surface area (Å²) in [7, 11) is 5.93. The molecule has 200 valence electrons. The van der Waals surface area contributed by atoms with Crippen LogP contribution in [0.3, 0.4) is 0 Å². The Kier molecular flexibility index (Phi) is 9.75. The van der Waals surface area contributed by atoms with Gasteiger partial charge in [0.25, 0.3) is 11.8 Å². The fraction of sp³-hybridized carbons (Fsp3) is 0.222. The van der Waals surface area contributed by atoms with Gasteiger partial charge in [-0.2, -0.15) is 0 Å². The van der Waals surface area contributed by atoms with E-state index >= 15 is 0 Å². The minimum absolute atomic E-state index is 0.132. The van der Waals surface area contributed by atoms with Crippen molar-refractivity contribution >= 4 is 29.2 Å². The lowest BCUT2D eigenvalue weighted by Crippen LogP contribution is -2.21. The number of esters is 1. The maximum absolute atomic E-state index is 12.5. The second-order valence-electron chi connectivity index (χ2n) is 7.66. The Hall–Kier alpha value is -4.93. The molecule has 0 saturated heterocycles. The molecular weight excluding hydrogens is 496 g/mol. The molecule has 2 N–H and O–H groups in total. The second-order valence-corrected chi connectivity index (χ2v) is 7.66. The first-order valence-electron chi connectivity index (χ1n) is 11.3. The summed E-state index contributed by atoms with van der Waals surface area (Å²) in [4.78, 5) is 37.0. The SMILES string of the molecule is COc1ccc(NC(=O)COc2ccc(C(=O)OCC(=O)Nc3cc(OC)cc(OC)c3)cc2OC)cc1. The van der Waals surface area contributed by atoms with Crippen LogP contribution < -0.4 is 34.3 Å². The normalized spacial score (nSPS) is 10.1. The average Bonchev–Trinajstić information content (AvgIpc) is 2.94. The Morgan fingerprint density at radius 2 is 1.21 bits per heavy atom. The Labute approximate surface area is 219 Å². The van der Waals surface area contributed by atoms with Crippen molar-refractivity contribution in [1.29, 1.82) is 0 Å². The number of rotatable bonds is 12. The first-order valence-corrected chi connectivity index (χ1v) is 11.3. The molecule has 0 saturated carbocycles. The number of anilines is 2. The van der Waals surface area contributed by atoms with Gasteiger partial charge in [0.1, 0.15) is 17.2 Å².